The van der Waals surface area contributed by atoms with Gasteiger partial charge in [0.15, 0.2) is 0 Å². The molecule has 1 amide bonds. The predicted octanol–water partition coefficient (Wildman–Crippen LogP) is 3.99. The van der Waals surface area contributed by atoms with Crippen molar-refractivity contribution in [1.29, 1.82) is 0 Å². The normalized spacial score (nSPS) is 17.6. The maximum Gasteiger partial charge on any atom is 0.253 e. The number of fused-ring (bicyclic) bond motifs is 1. The van der Waals surface area contributed by atoms with Crippen LogP contribution in [-0.4, -0.2) is 5.91 Å². The monoisotopic (exact) mass is 337 g/mol. The summed E-state index contributed by atoms with van der Waals surface area (Å²) in [7, 11) is 0. The number of aryl methyl sites for hydroxylation is 1. The molecule has 0 fully saturated rings. The van der Waals surface area contributed by atoms with E-state index < -0.39 is 5.82 Å². The number of furan rings is 1. The molecule has 2 aromatic rings. The zero-order valence-electron chi connectivity index (χ0n) is 10.7. The Morgan fingerprint density at radius 3 is 3.10 bits per heavy atom. The average molecular weight is 338 g/mol. The lowest BCUT2D eigenvalue weighted by Gasteiger charge is -2.23. The quantitative estimate of drug-likeness (QED) is 0.900. The fraction of sp³-hybridized carbons (Fsp3) is 0.267. The van der Waals surface area contributed by atoms with Crippen molar-refractivity contribution in [3.8, 4) is 0 Å². The minimum absolute atomic E-state index is 0.0693. The third-order valence-corrected chi connectivity index (χ3v) is 4.22. The summed E-state index contributed by atoms with van der Waals surface area (Å²) >= 11 is 3.27. The van der Waals surface area contributed by atoms with Gasteiger partial charge in [-0.1, -0.05) is 0 Å². The zero-order chi connectivity index (χ0) is 14.1. The largest absolute Gasteiger partial charge is 0.469 e. The van der Waals surface area contributed by atoms with Gasteiger partial charge in [0, 0.05) is 16.5 Å². The first-order chi connectivity index (χ1) is 9.65. The Morgan fingerprint density at radius 1 is 1.40 bits per heavy atom. The first-order valence-corrected chi connectivity index (χ1v) is 7.26. The van der Waals surface area contributed by atoms with Crippen LogP contribution in [0.15, 0.2) is 39.4 Å². The number of hydrogen-bond donors (Lipinski definition) is 1. The van der Waals surface area contributed by atoms with Crippen LogP contribution in [0.3, 0.4) is 0 Å². The molecule has 0 aliphatic heterocycles. The predicted molar refractivity (Wildman–Crippen MR) is 76.0 cm³/mol. The molecule has 0 saturated heterocycles. The third kappa shape index (κ3) is 2.50. The van der Waals surface area contributed by atoms with E-state index in [1.54, 1.807) is 6.26 Å². The molecule has 104 valence electrons. The molecule has 20 heavy (non-hydrogen) atoms. The maximum absolute atomic E-state index is 13.3. The van der Waals surface area contributed by atoms with E-state index in [1.165, 1.54) is 18.2 Å². The van der Waals surface area contributed by atoms with Crippen molar-refractivity contribution in [2.45, 2.75) is 25.3 Å². The van der Waals surface area contributed by atoms with Crippen LogP contribution >= 0.6 is 15.9 Å². The van der Waals surface area contributed by atoms with Gasteiger partial charge in [0.25, 0.3) is 5.91 Å². The summed E-state index contributed by atoms with van der Waals surface area (Å²) in [5.74, 6) is 0.223. The zero-order valence-corrected chi connectivity index (χ0v) is 12.2. The van der Waals surface area contributed by atoms with Gasteiger partial charge in [-0.2, -0.15) is 0 Å². The van der Waals surface area contributed by atoms with Gasteiger partial charge in [0.2, 0.25) is 0 Å². The van der Waals surface area contributed by atoms with Gasteiger partial charge in [-0.3, -0.25) is 4.79 Å². The Hall–Kier alpha value is -1.62. The van der Waals surface area contributed by atoms with Crippen LogP contribution in [0.5, 0.6) is 0 Å². The van der Waals surface area contributed by atoms with Gasteiger partial charge >= 0.3 is 0 Å². The van der Waals surface area contributed by atoms with Crippen LogP contribution in [0.4, 0.5) is 4.39 Å². The molecule has 3 rings (SSSR count). The van der Waals surface area contributed by atoms with Crippen molar-refractivity contribution in [1.82, 2.24) is 5.32 Å². The Morgan fingerprint density at radius 2 is 2.25 bits per heavy atom. The SMILES string of the molecule is O=C(NC1CCCc2occc21)c1cc(F)ccc1Br. The number of carbonyl (C=O) groups excluding carboxylic acids is 1. The second-order valence-electron chi connectivity index (χ2n) is 4.84. The van der Waals surface area contributed by atoms with E-state index in [0.29, 0.717) is 10.0 Å². The summed E-state index contributed by atoms with van der Waals surface area (Å²) < 4.78 is 19.2. The lowest BCUT2D eigenvalue weighted by Crippen LogP contribution is -2.30. The van der Waals surface area contributed by atoms with Crippen LogP contribution in [0.2, 0.25) is 0 Å². The summed E-state index contributed by atoms with van der Waals surface area (Å²) in [5.41, 5.74) is 1.33. The molecule has 1 aromatic carbocycles. The van der Waals surface area contributed by atoms with Gasteiger partial charge in [-0.05, 0) is 53.0 Å². The van der Waals surface area contributed by atoms with E-state index in [1.807, 2.05) is 6.07 Å². The molecule has 1 aliphatic carbocycles. The highest BCUT2D eigenvalue weighted by Crippen LogP contribution is 2.31. The molecule has 0 radical (unpaired) electrons. The first-order valence-electron chi connectivity index (χ1n) is 6.47. The number of hydrogen-bond acceptors (Lipinski definition) is 2. The summed E-state index contributed by atoms with van der Waals surface area (Å²) in [4.78, 5) is 12.3. The highest BCUT2D eigenvalue weighted by atomic mass is 79.9. The molecule has 1 aromatic heterocycles. The van der Waals surface area contributed by atoms with Crippen LogP contribution < -0.4 is 5.32 Å². The topological polar surface area (TPSA) is 42.2 Å². The molecule has 3 nitrogen and oxygen atoms in total. The average Bonchev–Trinajstić information content (AvgIpc) is 2.91. The van der Waals surface area contributed by atoms with Gasteiger partial charge in [0.05, 0.1) is 17.9 Å². The number of halogens is 2. The molecule has 1 aliphatic rings. The summed E-state index contributed by atoms with van der Waals surface area (Å²) in [6, 6.07) is 5.91. The molecule has 1 heterocycles. The van der Waals surface area contributed by atoms with E-state index in [-0.39, 0.29) is 11.9 Å². The van der Waals surface area contributed by atoms with E-state index in [2.05, 4.69) is 21.2 Å². The highest BCUT2D eigenvalue weighted by Gasteiger charge is 2.25. The molecule has 1 N–H and O–H groups in total. The fourth-order valence-corrected chi connectivity index (χ4v) is 2.97. The van der Waals surface area contributed by atoms with E-state index in [9.17, 15) is 9.18 Å². The summed E-state index contributed by atoms with van der Waals surface area (Å²) in [6.07, 6.45) is 4.38. The minimum Gasteiger partial charge on any atom is -0.469 e. The maximum atomic E-state index is 13.3. The first kappa shape index (κ1) is 13.4. The third-order valence-electron chi connectivity index (χ3n) is 3.53. The van der Waals surface area contributed by atoms with Crippen molar-refractivity contribution >= 4 is 21.8 Å². The van der Waals surface area contributed by atoms with Gasteiger partial charge in [-0.15, -0.1) is 0 Å². The standard InChI is InChI=1S/C15H13BrFNO2/c16-12-5-4-9(17)8-11(12)15(19)18-13-2-1-3-14-10(13)6-7-20-14/h4-8,13H,1-3H2,(H,18,19). The van der Waals surface area contributed by atoms with Crippen LogP contribution in [0.25, 0.3) is 0 Å². The smallest absolute Gasteiger partial charge is 0.253 e. The summed E-state index contributed by atoms with van der Waals surface area (Å²) in [6.45, 7) is 0. The number of benzene rings is 1. The van der Waals surface area contributed by atoms with Gasteiger partial charge in [-0.25, -0.2) is 4.39 Å². The van der Waals surface area contributed by atoms with E-state index in [4.69, 9.17) is 4.42 Å². The fourth-order valence-electron chi connectivity index (χ4n) is 2.54. The lowest BCUT2D eigenvalue weighted by molar-refractivity contribution is 0.0931. The molecule has 5 heteroatoms. The number of carbonyl (C=O) groups is 1. The van der Waals surface area contributed by atoms with Gasteiger partial charge < -0.3 is 9.73 Å². The van der Waals surface area contributed by atoms with Crippen LogP contribution in [-0.2, 0) is 6.42 Å². The molecule has 0 saturated carbocycles. The second kappa shape index (κ2) is 5.40. The molecule has 1 atom stereocenters. The minimum atomic E-state index is -0.425. The van der Waals surface area contributed by atoms with Crippen molar-refractivity contribution in [3.63, 3.8) is 0 Å². The Bertz CT molecular complexity index is 653. The molecule has 0 spiro atoms. The lowest BCUT2D eigenvalue weighted by atomic mass is 9.93. The van der Waals surface area contributed by atoms with Gasteiger partial charge in [0.1, 0.15) is 11.6 Å². The van der Waals surface area contributed by atoms with E-state index >= 15 is 0 Å². The summed E-state index contributed by atoms with van der Waals surface area (Å²) in [5, 5.41) is 2.95. The number of amides is 1. The highest BCUT2D eigenvalue weighted by molar-refractivity contribution is 9.10. The van der Waals surface area contributed by atoms with Crippen LogP contribution in [0, 0.1) is 5.82 Å². The van der Waals surface area contributed by atoms with Crippen molar-refractivity contribution in [2.75, 3.05) is 0 Å². The molecular formula is C15H13BrFNO2. The molecule has 0 bridgehead atoms. The molecule has 1 unspecified atom stereocenters. The van der Waals surface area contributed by atoms with Crippen molar-refractivity contribution < 1.29 is 13.6 Å². The Labute approximate surface area is 124 Å². The number of nitrogens with one attached hydrogen (secondary N) is 1. The van der Waals surface area contributed by atoms with Crippen LogP contribution in [0.1, 0.15) is 40.6 Å². The molecular weight excluding hydrogens is 325 g/mol. The van der Waals surface area contributed by atoms with Crippen molar-refractivity contribution in [3.05, 3.63) is 57.7 Å². The Kier molecular flexibility index (Phi) is 3.61. The number of rotatable bonds is 2. The van der Waals surface area contributed by atoms with Crippen molar-refractivity contribution in [2.24, 2.45) is 0 Å². The second-order valence-corrected chi connectivity index (χ2v) is 5.70. The van der Waals surface area contributed by atoms with E-state index in [0.717, 1.165) is 30.6 Å². The Balaban J connectivity index is 1.82.